The van der Waals surface area contributed by atoms with Crippen molar-refractivity contribution in [2.24, 2.45) is 0 Å². The van der Waals surface area contributed by atoms with Crippen LogP contribution in [0.15, 0.2) is 67.6 Å². The van der Waals surface area contributed by atoms with E-state index < -0.39 is 0 Å². The second kappa shape index (κ2) is 12.5. The van der Waals surface area contributed by atoms with Gasteiger partial charge in [-0.25, -0.2) is 9.97 Å². The molecule has 0 saturated carbocycles. The molecule has 2 amide bonds. The Kier molecular flexibility index (Phi) is 8.20. The number of carbonyl (C=O) groups is 2. The number of anilines is 2. The lowest BCUT2D eigenvalue weighted by Crippen LogP contribution is -2.46. The van der Waals surface area contributed by atoms with E-state index in [-0.39, 0.29) is 17.9 Å². The number of nitrogens with one attached hydrogen (secondary N) is 3. The first-order valence-corrected chi connectivity index (χ1v) is 14.2. The molecule has 0 spiro atoms. The van der Waals surface area contributed by atoms with E-state index in [0.717, 1.165) is 72.7 Å². The second-order valence-electron chi connectivity index (χ2n) is 10.6. The molecule has 0 bridgehead atoms. The van der Waals surface area contributed by atoms with Gasteiger partial charge >= 0.3 is 0 Å². The number of hydrogen-bond donors (Lipinski definition) is 3. The predicted octanol–water partition coefficient (Wildman–Crippen LogP) is 3.38. The third-order valence-corrected chi connectivity index (χ3v) is 7.67. The number of amides is 2. The number of aromatic amines is 1. The Morgan fingerprint density at radius 2 is 1.90 bits per heavy atom. The van der Waals surface area contributed by atoms with Gasteiger partial charge in [0.2, 0.25) is 5.91 Å². The van der Waals surface area contributed by atoms with Crippen LogP contribution in [-0.4, -0.2) is 82.1 Å². The SMILES string of the molecule is C=CC(=O)N[C@@H]1CCCN(Cc2ccnc(C(=O)Nc3ccc(-c4cc5c(N6CCOCC6)ncnc5[nH]4)cc3)c2)C1. The maximum Gasteiger partial charge on any atom is 0.274 e. The fourth-order valence-corrected chi connectivity index (χ4v) is 5.57. The predicted molar refractivity (Wildman–Crippen MR) is 161 cm³/mol. The normalized spacial score (nSPS) is 17.6. The summed E-state index contributed by atoms with van der Waals surface area (Å²) in [5, 5.41) is 6.92. The number of carbonyl (C=O) groups excluding carboxylic acids is 2. The van der Waals surface area contributed by atoms with Gasteiger partial charge in [0.15, 0.2) is 0 Å². The molecule has 0 aliphatic carbocycles. The summed E-state index contributed by atoms with van der Waals surface area (Å²) in [6.45, 7) is 8.88. The van der Waals surface area contributed by atoms with Crippen LogP contribution in [0.1, 0.15) is 28.9 Å². The van der Waals surface area contributed by atoms with E-state index in [1.165, 1.54) is 6.08 Å². The van der Waals surface area contributed by atoms with Crippen molar-refractivity contribution in [2.45, 2.75) is 25.4 Å². The van der Waals surface area contributed by atoms with Crippen molar-refractivity contribution in [2.75, 3.05) is 49.6 Å². The Morgan fingerprint density at radius 1 is 1.07 bits per heavy atom. The van der Waals surface area contributed by atoms with Crippen LogP contribution in [0.25, 0.3) is 22.3 Å². The quantitative estimate of drug-likeness (QED) is 0.277. The highest BCUT2D eigenvalue weighted by molar-refractivity contribution is 6.03. The molecular weight excluding hydrogens is 532 g/mol. The van der Waals surface area contributed by atoms with E-state index in [9.17, 15) is 9.59 Å². The average molecular weight is 567 g/mol. The van der Waals surface area contributed by atoms with E-state index in [1.54, 1.807) is 12.5 Å². The molecule has 1 atom stereocenters. The van der Waals surface area contributed by atoms with E-state index in [1.807, 2.05) is 36.4 Å². The fourth-order valence-electron chi connectivity index (χ4n) is 5.57. The fraction of sp³-hybridized carbons (Fsp3) is 0.323. The number of nitrogens with zero attached hydrogens (tertiary/aromatic N) is 5. The lowest BCUT2D eigenvalue weighted by molar-refractivity contribution is -0.117. The summed E-state index contributed by atoms with van der Waals surface area (Å²) >= 11 is 0. The molecule has 5 heterocycles. The number of pyridine rings is 1. The molecule has 2 saturated heterocycles. The molecule has 0 radical (unpaired) electrons. The number of ether oxygens (including phenoxy) is 1. The van der Waals surface area contributed by atoms with Crippen LogP contribution in [0, 0.1) is 0 Å². The zero-order valence-corrected chi connectivity index (χ0v) is 23.4. The van der Waals surface area contributed by atoms with Crippen LogP contribution < -0.4 is 15.5 Å². The van der Waals surface area contributed by atoms with Crippen molar-refractivity contribution in [3.63, 3.8) is 0 Å². The summed E-state index contributed by atoms with van der Waals surface area (Å²) in [6.07, 6.45) is 6.50. The van der Waals surface area contributed by atoms with Gasteiger partial charge < -0.3 is 25.3 Å². The number of rotatable bonds is 8. The summed E-state index contributed by atoms with van der Waals surface area (Å²) in [6, 6.07) is 13.6. The Labute approximate surface area is 244 Å². The van der Waals surface area contributed by atoms with Gasteiger partial charge in [-0.05, 0) is 66.9 Å². The first-order chi connectivity index (χ1) is 20.6. The van der Waals surface area contributed by atoms with Gasteiger partial charge in [0, 0.05) is 49.8 Å². The van der Waals surface area contributed by atoms with Crippen molar-refractivity contribution in [1.82, 2.24) is 30.2 Å². The van der Waals surface area contributed by atoms with Crippen LogP contribution >= 0.6 is 0 Å². The number of fused-ring (bicyclic) bond motifs is 1. The Bertz CT molecular complexity index is 1580. The highest BCUT2D eigenvalue weighted by Crippen LogP contribution is 2.29. The Balaban J connectivity index is 1.10. The van der Waals surface area contributed by atoms with Gasteiger partial charge in [0.05, 0.1) is 18.6 Å². The van der Waals surface area contributed by atoms with Gasteiger partial charge in [-0.1, -0.05) is 18.7 Å². The molecule has 2 fully saturated rings. The highest BCUT2D eigenvalue weighted by Gasteiger charge is 2.21. The third-order valence-electron chi connectivity index (χ3n) is 7.67. The number of likely N-dealkylation sites (tertiary alicyclic amines) is 1. The number of H-pyrrole nitrogens is 1. The van der Waals surface area contributed by atoms with Crippen molar-refractivity contribution in [1.29, 1.82) is 0 Å². The highest BCUT2D eigenvalue weighted by atomic mass is 16.5. The summed E-state index contributed by atoms with van der Waals surface area (Å²) in [5.41, 5.74) is 4.72. The molecule has 0 unspecified atom stereocenters. The summed E-state index contributed by atoms with van der Waals surface area (Å²) < 4.78 is 5.49. The number of benzene rings is 1. The van der Waals surface area contributed by atoms with Crippen LogP contribution in [0.2, 0.25) is 0 Å². The monoisotopic (exact) mass is 566 g/mol. The molecular formula is C31H34N8O3. The van der Waals surface area contributed by atoms with Crippen molar-refractivity contribution in [3.05, 3.63) is 78.9 Å². The number of hydrogen-bond acceptors (Lipinski definition) is 8. The van der Waals surface area contributed by atoms with E-state index in [4.69, 9.17) is 4.74 Å². The minimum atomic E-state index is -0.268. The maximum absolute atomic E-state index is 13.0. The van der Waals surface area contributed by atoms with Crippen LogP contribution in [0.4, 0.5) is 11.5 Å². The second-order valence-corrected chi connectivity index (χ2v) is 10.6. The molecule has 4 aromatic rings. The number of aromatic nitrogens is 4. The van der Waals surface area contributed by atoms with Gasteiger partial charge in [-0.3, -0.25) is 19.5 Å². The van der Waals surface area contributed by atoms with Crippen molar-refractivity contribution >= 4 is 34.4 Å². The molecule has 2 aliphatic rings. The molecule has 216 valence electrons. The van der Waals surface area contributed by atoms with E-state index in [2.05, 4.69) is 53.0 Å². The van der Waals surface area contributed by atoms with Gasteiger partial charge in [0.25, 0.3) is 5.91 Å². The van der Waals surface area contributed by atoms with Crippen LogP contribution in [0.3, 0.4) is 0 Å². The molecule has 1 aromatic carbocycles. The number of morpholine rings is 1. The third kappa shape index (κ3) is 6.32. The van der Waals surface area contributed by atoms with Gasteiger partial charge in [-0.2, -0.15) is 0 Å². The summed E-state index contributed by atoms with van der Waals surface area (Å²) in [7, 11) is 0. The molecule has 11 nitrogen and oxygen atoms in total. The average Bonchev–Trinajstić information content (AvgIpc) is 3.47. The van der Waals surface area contributed by atoms with E-state index >= 15 is 0 Å². The van der Waals surface area contributed by atoms with Crippen molar-refractivity contribution in [3.8, 4) is 11.3 Å². The van der Waals surface area contributed by atoms with Crippen LogP contribution in [0.5, 0.6) is 0 Å². The standard InChI is InChI=1S/C31H34N8O3/c1-2-28(40)35-24-4-3-11-38(19-24)18-21-9-10-32-27(16-21)31(41)36-23-7-5-22(6-8-23)26-17-25-29(37-26)33-20-34-30(25)39-12-14-42-15-13-39/h2,5-10,16-17,20,24H,1,3-4,11-15,18-19H2,(H,35,40)(H,36,41)(H,33,34,37)/t24-/m1/s1. The molecule has 11 heteroatoms. The number of piperidine rings is 1. The molecule has 3 aromatic heterocycles. The molecule has 42 heavy (non-hydrogen) atoms. The molecule has 3 N–H and O–H groups in total. The minimum absolute atomic E-state index is 0.0981. The van der Waals surface area contributed by atoms with E-state index in [0.29, 0.717) is 31.1 Å². The zero-order valence-electron chi connectivity index (χ0n) is 23.4. The molecule has 2 aliphatic heterocycles. The van der Waals surface area contributed by atoms with Gasteiger partial charge in [-0.15, -0.1) is 0 Å². The first kappa shape index (κ1) is 27.6. The van der Waals surface area contributed by atoms with Gasteiger partial charge in [0.1, 0.15) is 23.5 Å². The minimum Gasteiger partial charge on any atom is -0.378 e. The maximum atomic E-state index is 13.0. The first-order valence-electron chi connectivity index (χ1n) is 14.2. The molecule has 6 rings (SSSR count). The lowest BCUT2D eigenvalue weighted by atomic mass is 10.0. The summed E-state index contributed by atoms with van der Waals surface area (Å²) in [5.74, 6) is 0.491. The lowest BCUT2D eigenvalue weighted by Gasteiger charge is -2.33. The van der Waals surface area contributed by atoms with Crippen LogP contribution in [-0.2, 0) is 16.1 Å². The zero-order chi connectivity index (χ0) is 28.9. The Hall–Kier alpha value is -4.61. The smallest absolute Gasteiger partial charge is 0.274 e. The largest absolute Gasteiger partial charge is 0.378 e. The Morgan fingerprint density at radius 3 is 2.71 bits per heavy atom. The topological polar surface area (TPSA) is 128 Å². The van der Waals surface area contributed by atoms with Crippen molar-refractivity contribution < 1.29 is 14.3 Å². The summed E-state index contributed by atoms with van der Waals surface area (Å²) in [4.78, 5) is 45.9.